The Morgan fingerprint density at radius 1 is 1.04 bits per heavy atom. The van der Waals surface area contributed by atoms with E-state index < -0.39 is 17.6 Å². The zero-order valence-electron chi connectivity index (χ0n) is 12.6. The fraction of sp³-hybridized carbons (Fsp3) is 0.0588. The van der Waals surface area contributed by atoms with E-state index in [4.69, 9.17) is 4.74 Å². The first kappa shape index (κ1) is 17.0. The number of carbonyl (C=O) groups is 1. The fourth-order valence-corrected chi connectivity index (χ4v) is 2.49. The van der Waals surface area contributed by atoms with Gasteiger partial charge < -0.3 is 10.1 Å². The summed E-state index contributed by atoms with van der Waals surface area (Å²) in [5.41, 5.74) is -0.137. The predicted octanol–water partition coefficient (Wildman–Crippen LogP) is 5.21. The number of nitrogens with zero attached hydrogens (tertiary/aromatic N) is 1. The molecule has 0 aliphatic heterocycles. The average Bonchev–Trinajstić information content (AvgIpc) is 3.08. The highest BCUT2D eigenvalue weighted by molar-refractivity contribution is 7.11. The van der Waals surface area contributed by atoms with Gasteiger partial charge in [-0.1, -0.05) is 11.3 Å². The molecule has 0 aliphatic rings. The van der Waals surface area contributed by atoms with Gasteiger partial charge in [-0.2, -0.15) is 13.2 Å². The van der Waals surface area contributed by atoms with Crippen LogP contribution in [-0.4, -0.2) is 10.9 Å². The molecule has 4 nitrogen and oxygen atoms in total. The second-order valence-electron chi connectivity index (χ2n) is 4.95. The number of hydrogen-bond acceptors (Lipinski definition) is 4. The Bertz CT molecular complexity index is 845. The van der Waals surface area contributed by atoms with Crippen molar-refractivity contribution >= 4 is 22.9 Å². The molecule has 3 aromatic rings. The molecule has 0 unspecified atom stereocenters. The second kappa shape index (κ2) is 6.94. The van der Waals surface area contributed by atoms with Gasteiger partial charge in [-0.15, -0.1) is 0 Å². The van der Waals surface area contributed by atoms with Crippen molar-refractivity contribution in [3.05, 3.63) is 71.2 Å². The molecular weight excluding hydrogens is 353 g/mol. The Hall–Kier alpha value is -2.87. The largest absolute Gasteiger partial charge is 0.431 e. The molecule has 0 spiro atoms. The standard InChI is InChI=1S/C17H11F3N2O2S/c18-17(19,20)12-3-5-13(6-4-12)22-15(23)11-1-7-14(8-2-11)24-16-21-9-10-25-16/h1-10H,(H,22,23). The van der Waals surface area contributed by atoms with Gasteiger partial charge in [0.2, 0.25) is 0 Å². The summed E-state index contributed by atoms with van der Waals surface area (Å²) in [6.45, 7) is 0. The van der Waals surface area contributed by atoms with E-state index in [1.54, 1.807) is 35.8 Å². The van der Waals surface area contributed by atoms with Crippen molar-refractivity contribution in [3.8, 4) is 10.9 Å². The first-order chi connectivity index (χ1) is 11.9. The van der Waals surface area contributed by atoms with Gasteiger partial charge in [-0.25, -0.2) is 4.98 Å². The molecular formula is C17H11F3N2O2S. The van der Waals surface area contributed by atoms with Crippen LogP contribution in [0, 0.1) is 0 Å². The third-order valence-corrected chi connectivity index (χ3v) is 3.85. The molecule has 3 rings (SSSR count). The van der Waals surface area contributed by atoms with Crippen molar-refractivity contribution in [2.75, 3.05) is 5.32 Å². The number of alkyl halides is 3. The summed E-state index contributed by atoms with van der Waals surface area (Å²) in [6.07, 6.45) is -2.79. The maximum Gasteiger partial charge on any atom is 0.416 e. The molecule has 0 bridgehead atoms. The number of rotatable bonds is 4. The molecule has 0 radical (unpaired) electrons. The topological polar surface area (TPSA) is 51.2 Å². The molecule has 2 aromatic carbocycles. The lowest BCUT2D eigenvalue weighted by atomic mass is 10.1. The van der Waals surface area contributed by atoms with Gasteiger partial charge >= 0.3 is 6.18 Å². The summed E-state index contributed by atoms with van der Waals surface area (Å²) >= 11 is 1.34. The van der Waals surface area contributed by atoms with Crippen LogP contribution in [0.5, 0.6) is 10.9 Å². The number of ether oxygens (including phenoxy) is 1. The average molecular weight is 364 g/mol. The minimum Gasteiger partial charge on any atom is -0.431 e. The molecule has 1 N–H and O–H groups in total. The van der Waals surface area contributed by atoms with E-state index in [9.17, 15) is 18.0 Å². The van der Waals surface area contributed by atoms with Gasteiger partial charge in [0.1, 0.15) is 5.75 Å². The third kappa shape index (κ3) is 4.36. The maximum atomic E-state index is 12.5. The SMILES string of the molecule is O=C(Nc1ccc(C(F)(F)F)cc1)c1ccc(Oc2nccs2)cc1. The Balaban J connectivity index is 1.65. The highest BCUT2D eigenvalue weighted by Crippen LogP contribution is 2.30. The lowest BCUT2D eigenvalue weighted by Gasteiger charge is -2.09. The van der Waals surface area contributed by atoms with E-state index in [-0.39, 0.29) is 5.69 Å². The van der Waals surface area contributed by atoms with Crippen LogP contribution in [0.25, 0.3) is 0 Å². The monoisotopic (exact) mass is 364 g/mol. The lowest BCUT2D eigenvalue weighted by molar-refractivity contribution is -0.137. The lowest BCUT2D eigenvalue weighted by Crippen LogP contribution is -2.12. The fourth-order valence-electron chi connectivity index (χ4n) is 1.98. The summed E-state index contributed by atoms with van der Waals surface area (Å²) in [6, 6.07) is 10.6. The molecule has 25 heavy (non-hydrogen) atoms. The van der Waals surface area contributed by atoms with Crippen molar-refractivity contribution in [3.63, 3.8) is 0 Å². The highest BCUT2D eigenvalue weighted by Gasteiger charge is 2.29. The van der Waals surface area contributed by atoms with Gasteiger partial charge in [-0.3, -0.25) is 4.79 Å². The smallest absolute Gasteiger partial charge is 0.416 e. The van der Waals surface area contributed by atoms with Crippen LogP contribution < -0.4 is 10.1 Å². The predicted molar refractivity (Wildman–Crippen MR) is 88.0 cm³/mol. The second-order valence-corrected chi connectivity index (χ2v) is 5.81. The van der Waals surface area contributed by atoms with Gasteiger partial charge in [0.05, 0.1) is 5.56 Å². The van der Waals surface area contributed by atoms with Crippen molar-refractivity contribution in [2.24, 2.45) is 0 Å². The molecule has 0 aliphatic carbocycles. The van der Waals surface area contributed by atoms with Gasteiger partial charge in [0, 0.05) is 22.8 Å². The van der Waals surface area contributed by atoms with Crippen LogP contribution in [0.15, 0.2) is 60.1 Å². The molecule has 128 valence electrons. The number of benzene rings is 2. The highest BCUT2D eigenvalue weighted by atomic mass is 32.1. The van der Waals surface area contributed by atoms with E-state index in [2.05, 4.69) is 10.3 Å². The van der Waals surface area contributed by atoms with Gasteiger partial charge in [-0.05, 0) is 48.5 Å². The zero-order chi connectivity index (χ0) is 17.9. The Labute approximate surface area is 144 Å². The summed E-state index contributed by atoms with van der Waals surface area (Å²) in [5.74, 6) is 0.0987. The molecule has 1 aromatic heterocycles. The maximum absolute atomic E-state index is 12.5. The van der Waals surface area contributed by atoms with Gasteiger partial charge in [0.15, 0.2) is 0 Å². The number of hydrogen-bond donors (Lipinski definition) is 1. The summed E-state index contributed by atoms with van der Waals surface area (Å²) in [7, 11) is 0. The van der Waals surface area contributed by atoms with Gasteiger partial charge in [0.25, 0.3) is 11.1 Å². The minimum absolute atomic E-state index is 0.279. The Kier molecular flexibility index (Phi) is 4.71. The number of carbonyl (C=O) groups excluding carboxylic acids is 1. The van der Waals surface area contributed by atoms with Crippen molar-refractivity contribution < 1.29 is 22.7 Å². The first-order valence-corrected chi connectivity index (χ1v) is 7.96. The van der Waals surface area contributed by atoms with Crippen LogP contribution in [0.1, 0.15) is 15.9 Å². The molecule has 0 atom stereocenters. The number of thiazole rings is 1. The Morgan fingerprint density at radius 3 is 2.28 bits per heavy atom. The van der Waals surface area contributed by atoms with Crippen LogP contribution in [0.4, 0.5) is 18.9 Å². The number of halogens is 3. The first-order valence-electron chi connectivity index (χ1n) is 7.08. The van der Waals surface area contributed by atoms with E-state index >= 15 is 0 Å². The Morgan fingerprint density at radius 2 is 1.72 bits per heavy atom. The van der Waals surface area contributed by atoms with Crippen molar-refractivity contribution in [2.45, 2.75) is 6.18 Å². The number of nitrogens with one attached hydrogen (secondary N) is 1. The van der Waals surface area contributed by atoms with E-state index in [0.717, 1.165) is 12.1 Å². The molecule has 0 fully saturated rings. The molecule has 1 heterocycles. The molecule has 1 amide bonds. The van der Waals surface area contributed by atoms with E-state index in [1.807, 2.05) is 0 Å². The zero-order valence-corrected chi connectivity index (χ0v) is 13.4. The van der Waals surface area contributed by atoms with Crippen LogP contribution in [0.3, 0.4) is 0 Å². The summed E-state index contributed by atoms with van der Waals surface area (Å²) in [4.78, 5) is 16.1. The van der Waals surface area contributed by atoms with Crippen LogP contribution in [0.2, 0.25) is 0 Å². The van der Waals surface area contributed by atoms with E-state index in [1.165, 1.54) is 23.5 Å². The molecule has 0 saturated heterocycles. The van der Waals surface area contributed by atoms with Crippen LogP contribution >= 0.6 is 11.3 Å². The minimum atomic E-state index is -4.41. The third-order valence-electron chi connectivity index (χ3n) is 3.20. The quantitative estimate of drug-likeness (QED) is 0.692. The molecule has 0 saturated carbocycles. The normalized spacial score (nSPS) is 11.2. The number of amides is 1. The van der Waals surface area contributed by atoms with Crippen molar-refractivity contribution in [1.82, 2.24) is 4.98 Å². The number of aromatic nitrogens is 1. The van der Waals surface area contributed by atoms with Crippen molar-refractivity contribution in [1.29, 1.82) is 0 Å². The molecule has 8 heteroatoms. The number of anilines is 1. The van der Waals surface area contributed by atoms with E-state index in [0.29, 0.717) is 16.5 Å². The summed E-state index contributed by atoms with van der Waals surface area (Å²) < 4.78 is 43.0. The summed E-state index contributed by atoms with van der Waals surface area (Å²) in [5, 5.41) is 4.81. The van der Waals surface area contributed by atoms with Crippen LogP contribution in [-0.2, 0) is 6.18 Å².